The van der Waals surface area contributed by atoms with Crippen LogP contribution in [0.15, 0.2) is 77.3 Å². The molecule has 0 saturated carbocycles. The summed E-state index contributed by atoms with van der Waals surface area (Å²) in [5, 5.41) is 2.49. The van der Waals surface area contributed by atoms with Crippen LogP contribution in [0.5, 0.6) is 11.5 Å². The lowest BCUT2D eigenvalue weighted by molar-refractivity contribution is -0.123. The Morgan fingerprint density at radius 1 is 0.946 bits per heavy atom. The standard InChI is InChI=1S/C28H30BrN3O4S/c1-3-19(2)22-11-7-8-12-24(22)36-18-26(33)31-32-28(37)30-27(34)21-13-14-25(23(29)17-21)35-16-15-20-9-5-4-6-10-20/h4-14,17,19H,3,15-16,18H2,1-2H3,(H,31,33)(H2,30,32,34,37). The summed E-state index contributed by atoms with van der Waals surface area (Å²) < 4.78 is 12.2. The highest BCUT2D eigenvalue weighted by Crippen LogP contribution is 2.28. The lowest BCUT2D eigenvalue weighted by Crippen LogP contribution is -2.49. The van der Waals surface area contributed by atoms with Crippen molar-refractivity contribution in [3.8, 4) is 11.5 Å². The van der Waals surface area contributed by atoms with Crippen molar-refractivity contribution in [2.24, 2.45) is 0 Å². The maximum Gasteiger partial charge on any atom is 0.276 e. The maximum atomic E-state index is 12.6. The Labute approximate surface area is 231 Å². The Kier molecular flexibility index (Phi) is 10.9. The molecule has 0 spiro atoms. The van der Waals surface area contributed by atoms with Gasteiger partial charge < -0.3 is 9.47 Å². The van der Waals surface area contributed by atoms with Gasteiger partial charge in [0.1, 0.15) is 11.5 Å². The second-order valence-electron chi connectivity index (χ2n) is 8.32. The summed E-state index contributed by atoms with van der Waals surface area (Å²) in [6.45, 7) is 4.52. The van der Waals surface area contributed by atoms with Gasteiger partial charge in [-0.05, 0) is 75.9 Å². The third-order valence-electron chi connectivity index (χ3n) is 5.65. The number of hydrazine groups is 1. The van der Waals surface area contributed by atoms with Crippen molar-refractivity contribution in [3.63, 3.8) is 0 Å². The average Bonchev–Trinajstić information content (AvgIpc) is 2.91. The van der Waals surface area contributed by atoms with Gasteiger partial charge in [0.25, 0.3) is 11.8 Å². The van der Waals surface area contributed by atoms with E-state index in [-0.39, 0.29) is 11.7 Å². The van der Waals surface area contributed by atoms with E-state index < -0.39 is 11.8 Å². The number of nitrogens with one attached hydrogen (secondary N) is 3. The number of halogens is 1. The zero-order valence-corrected chi connectivity index (χ0v) is 23.2. The van der Waals surface area contributed by atoms with Crippen LogP contribution in [0.2, 0.25) is 0 Å². The van der Waals surface area contributed by atoms with E-state index in [0.29, 0.717) is 34.1 Å². The fourth-order valence-electron chi connectivity index (χ4n) is 3.43. The third-order valence-corrected chi connectivity index (χ3v) is 6.47. The van der Waals surface area contributed by atoms with Crippen molar-refractivity contribution >= 4 is 45.1 Å². The summed E-state index contributed by atoms with van der Waals surface area (Å²) in [6.07, 6.45) is 1.74. The fraction of sp³-hybridized carbons (Fsp3) is 0.250. The highest BCUT2D eigenvalue weighted by Gasteiger charge is 2.13. The monoisotopic (exact) mass is 583 g/mol. The second kappa shape index (κ2) is 14.3. The summed E-state index contributed by atoms with van der Waals surface area (Å²) in [4.78, 5) is 24.8. The van der Waals surface area contributed by atoms with E-state index in [1.165, 1.54) is 5.56 Å². The molecule has 0 radical (unpaired) electrons. The Bertz CT molecular complexity index is 1220. The SMILES string of the molecule is CCC(C)c1ccccc1OCC(=O)NNC(=S)NC(=O)c1ccc(OCCc2ccccc2)c(Br)c1. The predicted molar refractivity (Wildman–Crippen MR) is 152 cm³/mol. The Balaban J connectivity index is 1.42. The molecule has 0 fully saturated rings. The van der Waals surface area contributed by atoms with Crippen molar-refractivity contribution in [2.75, 3.05) is 13.2 Å². The number of carbonyl (C=O) groups is 2. The van der Waals surface area contributed by atoms with E-state index in [1.807, 2.05) is 54.6 Å². The highest BCUT2D eigenvalue weighted by atomic mass is 79.9. The topological polar surface area (TPSA) is 88.7 Å². The van der Waals surface area contributed by atoms with Gasteiger partial charge in [0, 0.05) is 12.0 Å². The maximum absolute atomic E-state index is 12.6. The smallest absolute Gasteiger partial charge is 0.276 e. The first-order valence-electron chi connectivity index (χ1n) is 12.0. The fourth-order valence-corrected chi connectivity index (χ4v) is 4.07. The van der Waals surface area contributed by atoms with E-state index in [9.17, 15) is 9.59 Å². The van der Waals surface area contributed by atoms with Crippen LogP contribution >= 0.6 is 28.1 Å². The lowest BCUT2D eigenvalue weighted by Gasteiger charge is -2.16. The van der Waals surface area contributed by atoms with Crippen molar-refractivity contribution in [1.82, 2.24) is 16.2 Å². The molecule has 3 N–H and O–H groups in total. The minimum Gasteiger partial charge on any atom is -0.492 e. The minimum absolute atomic E-state index is 0.0438. The van der Waals surface area contributed by atoms with Gasteiger partial charge in [0.2, 0.25) is 0 Å². The number of ether oxygens (including phenoxy) is 2. The van der Waals surface area contributed by atoms with Gasteiger partial charge in [0.05, 0.1) is 11.1 Å². The third kappa shape index (κ3) is 8.87. The van der Waals surface area contributed by atoms with Gasteiger partial charge in [-0.3, -0.25) is 25.8 Å². The van der Waals surface area contributed by atoms with Crippen LogP contribution in [-0.4, -0.2) is 30.1 Å². The van der Waals surface area contributed by atoms with Gasteiger partial charge in [-0.15, -0.1) is 0 Å². The van der Waals surface area contributed by atoms with Crippen LogP contribution < -0.4 is 25.6 Å². The van der Waals surface area contributed by atoms with Crippen molar-refractivity contribution in [3.05, 3.63) is 94.0 Å². The minimum atomic E-state index is -0.435. The molecule has 1 atom stereocenters. The molecule has 0 bridgehead atoms. The molecule has 9 heteroatoms. The number of thiocarbonyl (C=S) groups is 1. The molecule has 2 amide bonds. The van der Waals surface area contributed by atoms with E-state index in [2.05, 4.69) is 45.9 Å². The van der Waals surface area contributed by atoms with Crippen molar-refractivity contribution in [2.45, 2.75) is 32.6 Å². The molecule has 0 aromatic heterocycles. The first kappa shape index (κ1) is 28.1. The highest BCUT2D eigenvalue weighted by molar-refractivity contribution is 9.10. The number of hydrogen-bond donors (Lipinski definition) is 3. The van der Waals surface area contributed by atoms with Crippen LogP contribution in [0.4, 0.5) is 0 Å². The molecule has 7 nitrogen and oxygen atoms in total. The zero-order valence-electron chi connectivity index (χ0n) is 20.8. The number of amides is 2. The second-order valence-corrected chi connectivity index (χ2v) is 9.58. The molecular weight excluding hydrogens is 554 g/mol. The number of para-hydroxylation sites is 1. The molecule has 37 heavy (non-hydrogen) atoms. The van der Waals surface area contributed by atoms with Gasteiger partial charge in [-0.2, -0.15) is 0 Å². The van der Waals surface area contributed by atoms with Gasteiger partial charge in [0.15, 0.2) is 11.7 Å². The van der Waals surface area contributed by atoms with Crippen LogP contribution in [0.1, 0.15) is 47.7 Å². The number of carbonyl (C=O) groups excluding carboxylic acids is 2. The Morgan fingerprint density at radius 3 is 2.41 bits per heavy atom. The summed E-state index contributed by atoms with van der Waals surface area (Å²) in [5.74, 6) is 0.753. The van der Waals surface area contributed by atoms with Crippen LogP contribution in [0.25, 0.3) is 0 Å². The van der Waals surface area contributed by atoms with Gasteiger partial charge in [-0.25, -0.2) is 0 Å². The lowest BCUT2D eigenvalue weighted by atomic mass is 9.98. The molecule has 3 rings (SSSR count). The normalized spacial score (nSPS) is 11.2. The molecular formula is C28H30BrN3O4S. The molecule has 194 valence electrons. The molecule has 3 aromatic rings. The van der Waals surface area contributed by atoms with Crippen LogP contribution in [0, 0.1) is 0 Å². The first-order valence-corrected chi connectivity index (χ1v) is 13.2. The number of rotatable bonds is 10. The quantitative estimate of drug-likeness (QED) is 0.222. The summed E-state index contributed by atoms with van der Waals surface area (Å²) >= 11 is 8.57. The van der Waals surface area contributed by atoms with Crippen LogP contribution in [0.3, 0.4) is 0 Å². The largest absolute Gasteiger partial charge is 0.492 e. The molecule has 3 aromatic carbocycles. The van der Waals surface area contributed by atoms with Gasteiger partial charge >= 0.3 is 0 Å². The molecule has 0 saturated heterocycles. The molecule has 0 aliphatic carbocycles. The number of hydrogen-bond acceptors (Lipinski definition) is 5. The van der Waals surface area contributed by atoms with E-state index in [1.54, 1.807) is 18.2 Å². The van der Waals surface area contributed by atoms with Gasteiger partial charge in [-0.1, -0.05) is 62.4 Å². The molecule has 0 heterocycles. The Hall–Kier alpha value is -3.43. The van der Waals surface area contributed by atoms with E-state index >= 15 is 0 Å². The van der Waals surface area contributed by atoms with E-state index in [0.717, 1.165) is 18.4 Å². The Morgan fingerprint density at radius 2 is 1.68 bits per heavy atom. The van der Waals surface area contributed by atoms with E-state index in [4.69, 9.17) is 21.7 Å². The zero-order chi connectivity index (χ0) is 26.6. The first-order chi connectivity index (χ1) is 17.9. The summed E-state index contributed by atoms with van der Waals surface area (Å²) in [6, 6.07) is 22.7. The summed E-state index contributed by atoms with van der Waals surface area (Å²) in [5.41, 5.74) is 7.56. The molecule has 0 aliphatic heterocycles. The van der Waals surface area contributed by atoms with Crippen molar-refractivity contribution < 1.29 is 19.1 Å². The van der Waals surface area contributed by atoms with Crippen LogP contribution in [-0.2, 0) is 11.2 Å². The van der Waals surface area contributed by atoms with Crippen molar-refractivity contribution in [1.29, 1.82) is 0 Å². The molecule has 1 unspecified atom stereocenters. The predicted octanol–water partition coefficient (Wildman–Crippen LogP) is 5.30. The average molecular weight is 585 g/mol. The summed E-state index contributed by atoms with van der Waals surface area (Å²) in [7, 11) is 0. The molecule has 0 aliphatic rings. The number of benzene rings is 3.